The van der Waals surface area contributed by atoms with Gasteiger partial charge < -0.3 is 5.32 Å². The van der Waals surface area contributed by atoms with Gasteiger partial charge in [-0.3, -0.25) is 4.79 Å². The van der Waals surface area contributed by atoms with E-state index in [1.165, 1.54) is 12.1 Å². The summed E-state index contributed by atoms with van der Waals surface area (Å²) in [6.45, 7) is 7.24. The van der Waals surface area contributed by atoms with Crippen LogP contribution in [0.4, 0.5) is 4.39 Å². The smallest absolute Gasteiger partial charge is 0.252 e. The minimum atomic E-state index is -0.544. The van der Waals surface area contributed by atoms with Gasteiger partial charge in [-0.2, -0.15) is 0 Å². The minimum absolute atomic E-state index is 0.222. The van der Waals surface area contributed by atoms with Gasteiger partial charge in [-0.25, -0.2) is 4.39 Å². The molecule has 0 aliphatic heterocycles. The molecule has 4 heteroatoms. The van der Waals surface area contributed by atoms with Crippen molar-refractivity contribution in [3.05, 3.63) is 35.1 Å². The molecule has 0 fully saturated rings. The molecule has 0 saturated carbocycles. The number of halogens is 2. The molecule has 0 aromatic heterocycles. The van der Waals surface area contributed by atoms with Crippen LogP contribution in [0.1, 0.15) is 36.7 Å². The van der Waals surface area contributed by atoms with E-state index in [9.17, 15) is 9.18 Å². The molecular formula is C13H17ClFNO. The first-order valence-corrected chi connectivity index (χ1v) is 5.90. The summed E-state index contributed by atoms with van der Waals surface area (Å²) >= 11 is 5.98. The van der Waals surface area contributed by atoms with E-state index in [1.807, 2.05) is 13.8 Å². The molecule has 0 bridgehead atoms. The zero-order valence-electron chi connectivity index (χ0n) is 10.5. The molecule has 0 heterocycles. The molecular weight excluding hydrogens is 241 g/mol. The minimum Gasteiger partial charge on any atom is -0.346 e. The number of aryl methyl sites for hydroxylation is 1. The number of carbonyl (C=O) groups excluding carboxylic acids is 1. The lowest BCUT2D eigenvalue weighted by molar-refractivity contribution is 0.0911. The third-order valence-corrected chi connectivity index (χ3v) is 3.42. The fraction of sp³-hybridized carbons (Fsp3) is 0.462. The van der Waals surface area contributed by atoms with Crippen LogP contribution in [0.25, 0.3) is 0 Å². The fourth-order valence-electron chi connectivity index (χ4n) is 1.30. The molecule has 1 amide bonds. The molecule has 0 aliphatic rings. The van der Waals surface area contributed by atoms with Gasteiger partial charge in [0.05, 0.1) is 10.9 Å². The number of hydrogen-bond acceptors (Lipinski definition) is 1. The van der Waals surface area contributed by atoms with Crippen molar-refractivity contribution in [3.63, 3.8) is 0 Å². The molecule has 1 aromatic carbocycles. The SMILES string of the molecule is Cc1ccc(F)cc1C(=O)NC(C)(C)C(C)Cl. The fourth-order valence-corrected chi connectivity index (χ4v) is 1.35. The van der Waals surface area contributed by atoms with Crippen molar-refractivity contribution in [2.24, 2.45) is 0 Å². The maximum absolute atomic E-state index is 13.1. The van der Waals surface area contributed by atoms with Gasteiger partial charge in [0.1, 0.15) is 5.82 Å². The molecule has 1 unspecified atom stereocenters. The maximum Gasteiger partial charge on any atom is 0.252 e. The molecule has 2 nitrogen and oxygen atoms in total. The highest BCUT2D eigenvalue weighted by Gasteiger charge is 2.27. The average Bonchev–Trinajstić information content (AvgIpc) is 2.20. The van der Waals surface area contributed by atoms with Crippen LogP contribution < -0.4 is 5.32 Å². The van der Waals surface area contributed by atoms with Crippen LogP contribution in [0.3, 0.4) is 0 Å². The van der Waals surface area contributed by atoms with Crippen LogP contribution in [0.5, 0.6) is 0 Å². The number of nitrogens with one attached hydrogen (secondary N) is 1. The number of amides is 1. The van der Waals surface area contributed by atoms with Crippen molar-refractivity contribution in [2.45, 2.75) is 38.6 Å². The zero-order chi connectivity index (χ0) is 13.2. The van der Waals surface area contributed by atoms with Crippen molar-refractivity contribution in [3.8, 4) is 0 Å². The van der Waals surface area contributed by atoms with E-state index in [2.05, 4.69) is 5.32 Å². The van der Waals surface area contributed by atoms with Gasteiger partial charge in [0.2, 0.25) is 0 Å². The normalized spacial score (nSPS) is 13.3. The first-order valence-electron chi connectivity index (χ1n) is 5.47. The molecule has 0 aliphatic carbocycles. The van der Waals surface area contributed by atoms with Crippen LogP contribution in [-0.4, -0.2) is 16.8 Å². The number of hydrogen-bond donors (Lipinski definition) is 1. The largest absolute Gasteiger partial charge is 0.346 e. The molecule has 1 N–H and O–H groups in total. The summed E-state index contributed by atoms with van der Waals surface area (Å²) in [6, 6.07) is 4.16. The summed E-state index contributed by atoms with van der Waals surface area (Å²) in [7, 11) is 0. The lowest BCUT2D eigenvalue weighted by Crippen LogP contribution is -2.49. The molecule has 94 valence electrons. The Morgan fingerprint density at radius 2 is 2.06 bits per heavy atom. The first-order chi connectivity index (χ1) is 7.74. The zero-order valence-corrected chi connectivity index (χ0v) is 11.2. The molecule has 1 aromatic rings. The monoisotopic (exact) mass is 257 g/mol. The van der Waals surface area contributed by atoms with Crippen molar-refractivity contribution < 1.29 is 9.18 Å². The maximum atomic E-state index is 13.1. The highest BCUT2D eigenvalue weighted by molar-refractivity contribution is 6.21. The van der Waals surface area contributed by atoms with Crippen molar-refractivity contribution in [1.29, 1.82) is 0 Å². The molecule has 0 saturated heterocycles. The van der Waals surface area contributed by atoms with E-state index < -0.39 is 11.4 Å². The lowest BCUT2D eigenvalue weighted by atomic mass is 9.99. The van der Waals surface area contributed by atoms with E-state index in [-0.39, 0.29) is 11.3 Å². The summed E-state index contributed by atoms with van der Waals surface area (Å²) in [4.78, 5) is 12.0. The van der Waals surface area contributed by atoms with E-state index in [1.54, 1.807) is 19.9 Å². The third kappa shape index (κ3) is 3.43. The van der Waals surface area contributed by atoms with Gasteiger partial charge in [0.25, 0.3) is 5.91 Å². The number of benzene rings is 1. The Balaban J connectivity index is 2.94. The Hall–Kier alpha value is -1.09. The highest BCUT2D eigenvalue weighted by Crippen LogP contribution is 2.17. The second kappa shape index (κ2) is 5.05. The van der Waals surface area contributed by atoms with Crippen LogP contribution in [-0.2, 0) is 0 Å². The van der Waals surface area contributed by atoms with E-state index in [4.69, 9.17) is 11.6 Å². The Kier molecular flexibility index (Phi) is 4.15. The van der Waals surface area contributed by atoms with E-state index in [0.29, 0.717) is 5.56 Å². The standard InChI is InChI=1S/C13H17ClFNO/c1-8-5-6-10(15)7-11(8)12(17)16-13(3,4)9(2)14/h5-7,9H,1-4H3,(H,16,17). The number of rotatable bonds is 3. The summed E-state index contributed by atoms with van der Waals surface area (Å²) in [6.07, 6.45) is 0. The van der Waals surface area contributed by atoms with Gasteiger partial charge in [-0.15, -0.1) is 11.6 Å². The second-order valence-corrected chi connectivity index (χ2v) is 5.41. The first kappa shape index (κ1) is 14.0. The second-order valence-electron chi connectivity index (χ2n) is 4.75. The summed E-state index contributed by atoms with van der Waals surface area (Å²) in [5.74, 6) is -0.725. The molecule has 17 heavy (non-hydrogen) atoms. The van der Waals surface area contributed by atoms with Gasteiger partial charge in [0.15, 0.2) is 0 Å². The Morgan fingerprint density at radius 1 is 1.47 bits per heavy atom. The van der Waals surface area contributed by atoms with Crippen LogP contribution in [0.15, 0.2) is 18.2 Å². The lowest BCUT2D eigenvalue weighted by Gasteiger charge is -2.29. The Morgan fingerprint density at radius 3 is 2.59 bits per heavy atom. The highest BCUT2D eigenvalue weighted by atomic mass is 35.5. The number of carbonyl (C=O) groups is 1. The Bertz CT molecular complexity index is 429. The van der Waals surface area contributed by atoms with Gasteiger partial charge in [-0.05, 0) is 45.4 Å². The summed E-state index contributed by atoms with van der Waals surface area (Å²) < 4.78 is 13.1. The van der Waals surface area contributed by atoms with Crippen LogP contribution in [0, 0.1) is 12.7 Å². The Labute approximate surface area is 106 Å². The molecule has 0 radical (unpaired) electrons. The van der Waals surface area contributed by atoms with Crippen molar-refractivity contribution in [2.75, 3.05) is 0 Å². The quantitative estimate of drug-likeness (QED) is 0.828. The van der Waals surface area contributed by atoms with Crippen LogP contribution >= 0.6 is 11.6 Å². The van der Waals surface area contributed by atoms with E-state index >= 15 is 0 Å². The topological polar surface area (TPSA) is 29.1 Å². The predicted octanol–water partition coefficient (Wildman–Crippen LogP) is 3.27. The van der Waals surface area contributed by atoms with Crippen molar-refractivity contribution in [1.82, 2.24) is 5.32 Å². The average molecular weight is 258 g/mol. The van der Waals surface area contributed by atoms with Gasteiger partial charge in [0, 0.05) is 5.56 Å². The molecule has 0 spiro atoms. The summed E-state index contributed by atoms with van der Waals surface area (Å²) in [5.41, 5.74) is 0.537. The summed E-state index contributed by atoms with van der Waals surface area (Å²) in [5, 5.41) is 2.58. The molecule has 1 rings (SSSR count). The van der Waals surface area contributed by atoms with Gasteiger partial charge >= 0.3 is 0 Å². The number of alkyl halides is 1. The van der Waals surface area contributed by atoms with Gasteiger partial charge in [-0.1, -0.05) is 6.07 Å². The predicted molar refractivity (Wildman–Crippen MR) is 68.0 cm³/mol. The van der Waals surface area contributed by atoms with E-state index in [0.717, 1.165) is 5.56 Å². The van der Waals surface area contributed by atoms with Crippen molar-refractivity contribution >= 4 is 17.5 Å². The third-order valence-electron chi connectivity index (χ3n) is 2.87. The van der Waals surface area contributed by atoms with Crippen LogP contribution in [0.2, 0.25) is 0 Å². The molecule has 1 atom stereocenters.